The minimum atomic E-state index is -1.04. The van der Waals surface area contributed by atoms with Crippen molar-refractivity contribution in [3.63, 3.8) is 0 Å². The van der Waals surface area contributed by atoms with E-state index in [-0.39, 0.29) is 18.1 Å². The molecule has 0 bridgehead atoms. The molecule has 0 atom stereocenters. The molecule has 2 aromatic rings. The van der Waals surface area contributed by atoms with E-state index in [2.05, 4.69) is 5.32 Å². The summed E-state index contributed by atoms with van der Waals surface area (Å²) in [6.45, 7) is 1.78. The molecule has 1 amide bonds. The zero-order valence-electron chi connectivity index (χ0n) is 11.5. The Labute approximate surface area is 122 Å². The second-order valence-corrected chi connectivity index (χ2v) is 4.54. The van der Waals surface area contributed by atoms with Crippen LogP contribution < -0.4 is 10.1 Å². The van der Waals surface area contributed by atoms with Gasteiger partial charge < -0.3 is 15.2 Å². The number of nitrogens with one attached hydrogen (secondary N) is 1. The van der Waals surface area contributed by atoms with Crippen molar-refractivity contribution in [1.29, 1.82) is 0 Å². The number of aryl methyl sites for hydroxylation is 1. The van der Waals surface area contributed by atoms with E-state index >= 15 is 0 Å². The molecule has 5 heteroatoms. The summed E-state index contributed by atoms with van der Waals surface area (Å²) in [4.78, 5) is 22.6. The second kappa shape index (κ2) is 6.56. The zero-order valence-corrected chi connectivity index (χ0v) is 11.5. The molecular formula is C16H15NO4. The van der Waals surface area contributed by atoms with Crippen molar-refractivity contribution in [2.75, 3.05) is 11.9 Å². The lowest BCUT2D eigenvalue weighted by Crippen LogP contribution is -2.20. The highest BCUT2D eigenvalue weighted by atomic mass is 16.5. The zero-order chi connectivity index (χ0) is 15.2. The molecule has 0 heterocycles. The summed E-state index contributed by atoms with van der Waals surface area (Å²) in [6, 6.07) is 13.4. The number of carboxylic acids is 1. The standard InChI is InChI=1S/C16H15NO4/c1-11-5-7-13(8-6-11)17-15(18)10-21-14-4-2-3-12(9-14)16(19)20/h2-9H,10H2,1H3,(H,17,18)(H,19,20). The third-order valence-corrected chi connectivity index (χ3v) is 2.79. The van der Waals surface area contributed by atoms with Crippen molar-refractivity contribution in [3.8, 4) is 5.75 Å². The van der Waals surface area contributed by atoms with Gasteiger partial charge in [0.05, 0.1) is 5.56 Å². The average Bonchev–Trinajstić information content (AvgIpc) is 2.48. The van der Waals surface area contributed by atoms with Crippen LogP contribution in [-0.4, -0.2) is 23.6 Å². The molecule has 0 radical (unpaired) electrons. The number of carboxylic acid groups (broad SMARTS) is 1. The summed E-state index contributed by atoms with van der Waals surface area (Å²) >= 11 is 0. The van der Waals surface area contributed by atoms with Crippen LogP contribution in [0.2, 0.25) is 0 Å². The number of hydrogen-bond acceptors (Lipinski definition) is 3. The molecule has 0 aliphatic carbocycles. The largest absolute Gasteiger partial charge is 0.484 e. The van der Waals surface area contributed by atoms with Crippen LogP contribution in [0.3, 0.4) is 0 Å². The molecule has 0 saturated carbocycles. The van der Waals surface area contributed by atoms with Gasteiger partial charge in [0.25, 0.3) is 5.91 Å². The van der Waals surface area contributed by atoms with Crippen LogP contribution in [-0.2, 0) is 4.79 Å². The van der Waals surface area contributed by atoms with E-state index < -0.39 is 5.97 Å². The Morgan fingerprint density at radius 2 is 1.86 bits per heavy atom. The van der Waals surface area contributed by atoms with Gasteiger partial charge in [-0.1, -0.05) is 23.8 Å². The number of carbonyl (C=O) groups excluding carboxylic acids is 1. The van der Waals surface area contributed by atoms with Crippen molar-refractivity contribution in [2.45, 2.75) is 6.92 Å². The summed E-state index contributed by atoms with van der Waals surface area (Å²) in [7, 11) is 0. The van der Waals surface area contributed by atoms with Gasteiger partial charge in [0, 0.05) is 5.69 Å². The number of hydrogen-bond donors (Lipinski definition) is 2. The molecule has 0 aliphatic rings. The van der Waals surface area contributed by atoms with Gasteiger partial charge in [-0.2, -0.15) is 0 Å². The first-order valence-corrected chi connectivity index (χ1v) is 6.37. The smallest absolute Gasteiger partial charge is 0.335 e. The quantitative estimate of drug-likeness (QED) is 0.885. The predicted octanol–water partition coefficient (Wildman–Crippen LogP) is 2.71. The lowest BCUT2D eigenvalue weighted by Gasteiger charge is -2.08. The minimum absolute atomic E-state index is 0.117. The number of carbonyl (C=O) groups is 2. The van der Waals surface area contributed by atoms with E-state index in [9.17, 15) is 9.59 Å². The predicted molar refractivity (Wildman–Crippen MR) is 78.7 cm³/mol. The van der Waals surface area contributed by atoms with Crippen molar-refractivity contribution in [2.24, 2.45) is 0 Å². The van der Waals surface area contributed by atoms with Crippen molar-refractivity contribution >= 4 is 17.6 Å². The first-order valence-electron chi connectivity index (χ1n) is 6.37. The van der Waals surface area contributed by atoms with Crippen molar-refractivity contribution in [3.05, 3.63) is 59.7 Å². The minimum Gasteiger partial charge on any atom is -0.484 e. The van der Waals surface area contributed by atoms with Crippen LogP contribution in [0, 0.1) is 6.92 Å². The Morgan fingerprint density at radius 3 is 2.52 bits per heavy atom. The Morgan fingerprint density at radius 1 is 1.14 bits per heavy atom. The van der Waals surface area contributed by atoms with Crippen LogP contribution in [0.15, 0.2) is 48.5 Å². The molecule has 2 N–H and O–H groups in total. The highest BCUT2D eigenvalue weighted by Crippen LogP contribution is 2.13. The van der Waals surface area contributed by atoms with Crippen LogP contribution >= 0.6 is 0 Å². The Bertz CT molecular complexity index is 650. The molecule has 0 aliphatic heterocycles. The van der Waals surface area contributed by atoms with Crippen LogP contribution in [0.5, 0.6) is 5.75 Å². The number of anilines is 1. The molecule has 5 nitrogen and oxygen atoms in total. The van der Waals surface area contributed by atoms with E-state index in [1.54, 1.807) is 24.3 Å². The average molecular weight is 285 g/mol. The van der Waals surface area contributed by atoms with Gasteiger partial charge in [-0.3, -0.25) is 4.79 Å². The van der Waals surface area contributed by atoms with Crippen molar-refractivity contribution < 1.29 is 19.4 Å². The Kier molecular flexibility index (Phi) is 4.56. The fourth-order valence-corrected chi connectivity index (χ4v) is 1.70. The summed E-state index contributed by atoms with van der Waals surface area (Å²) in [5.74, 6) is -1.00. The molecule has 2 aromatic carbocycles. The normalized spacial score (nSPS) is 9.95. The van der Waals surface area contributed by atoms with Crippen LogP contribution in [0.4, 0.5) is 5.69 Å². The molecule has 0 aromatic heterocycles. The second-order valence-electron chi connectivity index (χ2n) is 4.54. The lowest BCUT2D eigenvalue weighted by atomic mass is 10.2. The highest BCUT2D eigenvalue weighted by Gasteiger charge is 2.06. The maximum absolute atomic E-state index is 11.7. The fourth-order valence-electron chi connectivity index (χ4n) is 1.70. The SMILES string of the molecule is Cc1ccc(NC(=O)COc2cccc(C(=O)O)c2)cc1. The van der Waals surface area contributed by atoms with E-state index in [1.165, 1.54) is 12.1 Å². The van der Waals surface area contributed by atoms with Crippen molar-refractivity contribution in [1.82, 2.24) is 0 Å². The highest BCUT2D eigenvalue weighted by molar-refractivity contribution is 5.92. The molecule has 0 fully saturated rings. The monoisotopic (exact) mass is 285 g/mol. The molecule has 108 valence electrons. The third kappa shape index (κ3) is 4.35. The van der Waals surface area contributed by atoms with E-state index in [0.29, 0.717) is 11.4 Å². The number of benzene rings is 2. The number of aromatic carboxylic acids is 1. The first-order chi connectivity index (χ1) is 10.0. The summed E-state index contributed by atoms with van der Waals surface area (Å²) < 4.78 is 5.28. The van der Waals surface area contributed by atoms with E-state index in [1.807, 2.05) is 19.1 Å². The maximum atomic E-state index is 11.7. The molecule has 21 heavy (non-hydrogen) atoms. The van der Waals surface area contributed by atoms with Crippen LogP contribution in [0.25, 0.3) is 0 Å². The van der Waals surface area contributed by atoms with E-state index in [4.69, 9.17) is 9.84 Å². The number of ether oxygens (including phenoxy) is 1. The third-order valence-electron chi connectivity index (χ3n) is 2.79. The molecule has 2 rings (SSSR count). The summed E-state index contributed by atoms with van der Waals surface area (Å²) in [5.41, 5.74) is 1.91. The lowest BCUT2D eigenvalue weighted by molar-refractivity contribution is -0.118. The maximum Gasteiger partial charge on any atom is 0.335 e. The van der Waals surface area contributed by atoms with Gasteiger partial charge in [-0.25, -0.2) is 4.79 Å². The fraction of sp³-hybridized carbons (Fsp3) is 0.125. The van der Waals surface area contributed by atoms with Gasteiger partial charge in [0.15, 0.2) is 6.61 Å². The number of rotatable bonds is 5. The summed E-state index contributed by atoms with van der Waals surface area (Å²) in [5, 5.41) is 11.6. The van der Waals surface area contributed by atoms with Gasteiger partial charge in [0.1, 0.15) is 5.75 Å². The van der Waals surface area contributed by atoms with Gasteiger partial charge in [0.2, 0.25) is 0 Å². The Hall–Kier alpha value is -2.82. The topological polar surface area (TPSA) is 75.6 Å². The molecule has 0 unspecified atom stereocenters. The van der Waals surface area contributed by atoms with E-state index in [0.717, 1.165) is 5.56 Å². The Balaban J connectivity index is 1.90. The molecule has 0 spiro atoms. The van der Waals surface area contributed by atoms with Gasteiger partial charge in [-0.05, 0) is 37.3 Å². The van der Waals surface area contributed by atoms with Crippen LogP contribution in [0.1, 0.15) is 15.9 Å². The van der Waals surface area contributed by atoms with Gasteiger partial charge >= 0.3 is 5.97 Å². The molecular weight excluding hydrogens is 270 g/mol. The summed E-state index contributed by atoms with van der Waals surface area (Å²) in [6.07, 6.45) is 0. The number of amides is 1. The first kappa shape index (κ1) is 14.6. The van der Waals surface area contributed by atoms with Gasteiger partial charge in [-0.15, -0.1) is 0 Å². The molecule has 0 saturated heterocycles.